The molecule has 146 valence electrons. The summed E-state index contributed by atoms with van der Waals surface area (Å²) in [4.78, 5) is 14.7. The Labute approximate surface area is 159 Å². The fraction of sp³-hybridized carbons (Fsp3) is 0.500. The van der Waals surface area contributed by atoms with Crippen LogP contribution in [-0.4, -0.2) is 65.4 Å². The maximum atomic E-state index is 13.1. The van der Waals surface area contributed by atoms with Gasteiger partial charge in [0, 0.05) is 18.7 Å². The van der Waals surface area contributed by atoms with Crippen molar-refractivity contribution in [2.24, 2.45) is 0 Å². The van der Waals surface area contributed by atoms with E-state index in [2.05, 4.69) is 10.3 Å². The quantitative estimate of drug-likeness (QED) is 0.741. The minimum Gasteiger partial charge on any atom is -0.497 e. The van der Waals surface area contributed by atoms with Crippen molar-refractivity contribution in [2.75, 3.05) is 25.2 Å². The van der Waals surface area contributed by atoms with Gasteiger partial charge in [0.05, 0.1) is 30.0 Å². The highest BCUT2D eigenvalue weighted by Gasteiger charge is 2.36. The zero-order chi connectivity index (χ0) is 19.6. The van der Waals surface area contributed by atoms with E-state index in [9.17, 15) is 13.2 Å². The highest BCUT2D eigenvalue weighted by atomic mass is 32.2. The molecule has 27 heavy (non-hydrogen) atoms. The number of hydrogen-bond donors (Lipinski definition) is 0. The molecule has 2 aromatic rings. The Morgan fingerprint density at radius 1 is 1.41 bits per heavy atom. The molecule has 0 aliphatic carbocycles. The summed E-state index contributed by atoms with van der Waals surface area (Å²) in [5.74, 6) is 0.548. The van der Waals surface area contributed by atoms with E-state index < -0.39 is 9.84 Å². The molecule has 1 aromatic heterocycles. The van der Waals surface area contributed by atoms with Gasteiger partial charge in [0.15, 0.2) is 15.5 Å². The van der Waals surface area contributed by atoms with Crippen molar-refractivity contribution in [2.45, 2.75) is 32.7 Å². The Morgan fingerprint density at radius 3 is 2.81 bits per heavy atom. The lowest BCUT2D eigenvalue weighted by molar-refractivity contribution is 0.0690. The van der Waals surface area contributed by atoms with Gasteiger partial charge in [-0.1, -0.05) is 18.2 Å². The normalized spacial score (nSPS) is 18.4. The van der Waals surface area contributed by atoms with Crippen molar-refractivity contribution in [1.82, 2.24) is 19.9 Å². The van der Waals surface area contributed by atoms with E-state index in [1.165, 1.54) is 0 Å². The summed E-state index contributed by atoms with van der Waals surface area (Å²) in [6, 6.07) is 7.02. The van der Waals surface area contributed by atoms with Crippen LogP contribution in [0.1, 0.15) is 35.9 Å². The average Bonchev–Trinajstić information content (AvgIpc) is 3.21. The Kier molecular flexibility index (Phi) is 5.50. The largest absolute Gasteiger partial charge is 0.497 e. The molecule has 0 bridgehead atoms. The van der Waals surface area contributed by atoms with Gasteiger partial charge >= 0.3 is 0 Å². The van der Waals surface area contributed by atoms with E-state index in [1.54, 1.807) is 23.6 Å². The number of carbonyl (C=O) groups excluding carboxylic acids is 1. The minimum absolute atomic E-state index is 0.0157. The van der Waals surface area contributed by atoms with Gasteiger partial charge in [0.1, 0.15) is 5.75 Å². The van der Waals surface area contributed by atoms with E-state index >= 15 is 0 Å². The molecular formula is C18H24N4O4S. The van der Waals surface area contributed by atoms with Crippen molar-refractivity contribution in [3.05, 3.63) is 35.7 Å². The zero-order valence-corrected chi connectivity index (χ0v) is 16.6. The second-order valence-electron chi connectivity index (χ2n) is 6.69. The van der Waals surface area contributed by atoms with E-state index in [1.807, 2.05) is 31.2 Å². The van der Waals surface area contributed by atoms with Crippen LogP contribution < -0.4 is 4.74 Å². The van der Waals surface area contributed by atoms with Gasteiger partial charge in [0.25, 0.3) is 5.91 Å². The smallest absolute Gasteiger partial charge is 0.276 e. The number of methoxy groups -OCH3 is 1. The minimum atomic E-state index is -3.08. The lowest BCUT2D eigenvalue weighted by Crippen LogP contribution is -2.42. The number of nitrogens with zero attached hydrogens (tertiary/aromatic N) is 4. The van der Waals surface area contributed by atoms with Crippen LogP contribution >= 0.6 is 0 Å². The fourth-order valence-electron chi connectivity index (χ4n) is 3.36. The molecule has 0 spiro atoms. The summed E-state index contributed by atoms with van der Waals surface area (Å²) < 4.78 is 30.5. The molecule has 1 aliphatic heterocycles. The first-order chi connectivity index (χ1) is 12.9. The first-order valence-corrected chi connectivity index (χ1v) is 10.8. The first kappa shape index (κ1) is 19.3. The van der Waals surface area contributed by atoms with Crippen LogP contribution in [0.4, 0.5) is 0 Å². The molecule has 1 fully saturated rings. The molecule has 0 radical (unpaired) electrons. The standard InChI is InChI=1S/C18H24N4O4S/c1-4-9-21(15-8-10-27(24,25)12-15)18(23)17-13(2)22(20-19-17)14-6-5-7-16(11-14)26-3/h5-7,11,15H,4,8-10,12H2,1-3H3. The van der Waals surface area contributed by atoms with Crippen LogP contribution in [0.25, 0.3) is 5.69 Å². The number of rotatable bonds is 6. The number of carbonyl (C=O) groups is 1. The number of hydrogen-bond acceptors (Lipinski definition) is 6. The Morgan fingerprint density at radius 2 is 2.19 bits per heavy atom. The summed E-state index contributed by atoms with van der Waals surface area (Å²) in [6.07, 6.45) is 1.21. The Balaban J connectivity index is 1.90. The molecule has 0 N–H and O–H groups in total. The third-order valence-corrected chi connectivity index (χ3v) is 6.52. The van der Waals surface area contributed by atoms with Gasteiger partial charge in [-0.25, -0.2) is 13.1 Å². The molecule has 3 rings (SSSR count). The topological polar surface area (TPSA) is 94.4 Å². The van der Waals surface area contributed by atoms with Crippen LogP contribution in [0.2, 0.25) is 0 Å². The number of sulfone groups is 1. The molecule has 9 heteroatoms. The lowest BCUT2D eigenvalue weighted by Gasteiger charge is -2.27. The van der Waals surface area contributed by atoms with Gasteiger partial charge in [-0.15, -0.1) is 5.10 Å². The van der Waals surface area contributed by atoms with Gasteiger partial charge in [-0.2, -0.15) is 0 Å². The molecular weight excluding hydrogens is 368 g/mol. The zero-order valence-electron chi connectivity index (χ0n) is 15.8. The van der Waals surface area contributed by atoms with E-state index in [0.717, 1.165) is 12.1 Å². The third-order valence-electron chi connectivity index (χ3n) is 4.77. The third kappa shape index (κ3) is 3.97. The summed E-state index contributed by atoms with van der Waals surface area (Å²) in [5.41, 5.74) is 1.59. The SMILES string of the molecule is CCCN(C(=O)c1nnn(-c2cccc(OC)c2)c1C)C1CCS(=O)(=O)C1. The number of ether oxygens (including phenoxy) is 1. The molecule has 0 saturated carbocycles. The van der Waals surface area contributed by atoms with Crippen LogP contribution in [-0.2, 0) is 9.84 Å². The molecule has 1 unspecified atom stereocenters. The monoisotopic (exact) mass is 392 g/mol. The van der Waals surface area contributed by atoms with E-state index in [0.29, 0.717) is 24.4 Å². The van der Waals surface area contributed by atoms with Gasteiger partial charge in [-0.05, 0) is 31.9 Å². The van der Waals surface area contributed by atoms with Crippen LogP contribution in [0.5, 0.6) is 5.75 Å². The highest BCUT2D eigenvalue weighted by molar-refractivity contribution is 7.91. The second-order valence-corrected chi connectivity index (χ2v) is 8.92. The Hall–Kier alpha value is -2.42. The lowest BCUT2D eigenvalue weighted by atomic mass is 10.2. The molecule has 8 nitrogen and oxygen atoms in total. The molecule has 2 heterocycles. The van der Waals surface area contributed by atoms with Crippen molar-refractivity contribution in [3.8, 4) is 11.4 Å². The second kappa shape index (κ2) is 7.67. The summed E-state index contributed by atoms with van der Waals surface area (Å²) in [5, 5.41) is 8.22. The molecule has 1 atom stereocenters. The van der Waals surface area contributed by atoms with Crippen LogP contribution in [0.15, 0.2) is 24.3 Å². The van der Waals surface area contributed by atoms with Gasteiger partial charge < -0.3 is 9.64 Å². The van der Waals surface area contributed by atoms with Crippen LogP contribution in [0, 0.1) is 6.92 Å². The predicted octanol–water partition coefficient (Wildman–Crippen LogP) is 1.62. The van der Waals surface area contributed by atoms with E-state index in [-0.39, 0.29) is 29.1 Å². The van der Waals surface area contributed by atoms with Gasteiger partial charge in [0.2, 0.25) is 0 Å². The average molecular weight is 392 g/mol. The molecule has 1 aliphatic rings. The first-order valence-electron chi connectivity index (χ1n) is 8.94. The maximum absolute atomic E-state index is 13.1. The van der Waals surface area contributed by atoms with Crippen molar-refractivity contribution < 1.29 is 17.9 Å². The number of aromatic nitrogens is 3. The van der Waals surface area contributed by atoms with E-state index in [4.69, 9.17) is 4.74 Å². The predicted molar refractivity (Wildman–Crippen MR) is 101 cm³/mol. The van der Waals surface area contributed by atoms with Crippen LogP contribution in [0.3, 0.4) is 0 Å². The molecule has 1 saturated heterocycles. The van der Waals surface area contributed by atoms with Gasteiger partial charge in [-0.3, -0.25) is 4.79 Å². The van der Waals surface area contributed by atoms with Crippen molar-refractivity contribution in [3.63, 3.8) is 0 Å². The number of benzene rings is 1. The maximum Gasteiger partial charge on any atom is 0.276 e. The Bertz CT molecular complexity index is 939. The summed E-state index contributed by atoms with van der Waals surface area (Å²) in [6.45, 7) is 4.23. The van der Waals surface area contributed by atoms with Crippen molar-refractivity contribution >= 4 is 15.7 Å². The van der Waals surface area contributed by atoms with Crippen molar-refractivity contribution in [1.29, 1.82) is 0 Å². The summed E-state index contributed by atoms with van der Waals surface area (Å²) in [7, 11) is -1.50. The highest BCUT2D eigenvalue weighted by Crippen LogP contribution is 2.22. The number of amides is 1. The summed E-state index contributed by atoms with van der Waals surface area (Å²) >= 11 is 0. The molecule has 1 amide bonds. The fourth-order valence-corrected chi connectivity index (χ4v) is 5.09. The molecule has 1 aromatic carbocycles.